The molecule has 0 aliphatic carbocycles. The van der Waals surface area contributed by atoms with E-state index in [4.69, 9.17) is 9.15 Å². The summed E-state index contributed by atoms with van der Waals surface area (Å²) in [4.78, 5) is 48.6. The number of ether oxygens (including phenoxy) is 1. The quantitative estimate of drug-likeness (QED) is 0.466. The van der Waals surface area contributed by atoms with Gasteiger partial charge >= 0.3 is 5.63 Å². The third-order valence-corrected chi connectivity index (χ3v) is 5.37. The third-order valence-electron chi connectivity index (χ3n) is 5.37. The summed E-state index contributed by atoms with van der Waals surface area (Å²) in [5, 5.41) is 8.77. The van der Waals surface area contributed by atoms with Crippen molar-refractivity contribution in [3.63, 3.8) is 0 Å². The highest BCUT2D eigenvalue weighted by molar-refractivity contribution is 5.90. The largest absolute Gasteiger partial charge is 0.483 e. The molecule has 9 nitrogen and oxygen atoms in total. The maximum absolute atomic E-state index is 12.4. The Kier molecular flexibility index (Phi) is 9.02. The maximum atomic E-state index is 12.4. The smallest absolute Gasteiger partial charge is 0.336 e. The van der Waals surface area contributed by atoms with Crippen LogP contribution in [0.3, 0.4) is 0 Å². The van der Waals surface area contributed by atoms with Gasteiger partial charge < -0.3 is 25.1 Å². The van der Waals surface area contributed by atoms with Gasteiger partial charge in [0.1, 0.15) is 17.4 Å². The number of benzene rings is 1. The van der Waals surface area contributed by atoms with Crippen LogP contribution in [0.2, 0.25) is 0 Å². The number of amides is 3. The predicted octanol–water partition coefficient (Wildman–Crippen LogP) is 1.96. The minimum Gasteiger partial charge on any atom is -0.483 e. The zero-order valence-electron chi connectivity index (χ0n) is 20.0. The van der Waals surface area contributed by atoms with Gasteiger partial charge in [0.15, 0.2) is 6.61 Å². The molecule has 9 heteroatoms. The summed E-state index contributed by atoms with van der Waals surface area (Å²) in [5.74, 6) is -0.880. The van der Waals surface area contributed by atoms with E-state index in [1.165, 1.54) is 6.07 Å². The molecule has 0 bridgehead atoms. The van der Waals surface area contributed by atoms with E-state index in [0.717, 1.165) is 10.9 Å². The predicted molar refractivity (Wildman–Crippen MR) is 125 cm³/mol. The average Bonchev–Trinajstić information content (AvgIpc) is 2.74. The number of nitrogens with one attached hydrogen (secondary N) is 3. The van der Waals surface area contributed by atoms with Crippen molar-refractivity contribution in [2.75, 3.05) is 13.2 Å². The standard InChI is InChI=1S/C24H33N3O6/c1-7-14(4)22(24(31)26-13(2)3)27-19(28)11-25-20(29)12-32-18-9-8-17-15(5)10-21(30)33-23(17)16(18)6/h8-10,13-14,22H,7,11-12H2,1-6H3,(H,25,29)(H,26,31)(H,27,28)/t14-,22-/m0/s1. The van der Waals surface area contributed by atoms with Crippen LogP contribution in [-0.4, -0.2) is 43.0 Å². The lowest BCUT2D eigenvalue weighted by Crippen LogP contribution is -2.53. The Labute approximate surface area is 193 Å². The van der Waals surface area contributed by atoms with Crippen LogP contribution in [0.4, 0.5) is 0 Å². The first-order chi connectivity index (χ1) is 15.5. The van der Waals surface area contributed by atoms with Gasteiger partial charge in [0.2, 0.25) is 11.8 Å². The van der Waals surface area contributed by atoms with Gasteiger partial charge in [-0.2, -0.15) is 0 Å². The molecule has 2 atom stereocenters. The molecule has 180 valence electrons. The summed E-state index contributed by atoms with van der Waals surface area (Å²) in [5.41, 5.74) is 1.35. The van der Waals surface area contributed by atoms with E-state index in [9.17, 15) is 19.2 Å². The van der Waals surface area contributed by atoms with Crippen LogP contribution in [0.25, 0.3) is 11.0 Å². The second kappa shape index (κ2) is 11.5. The second-order valence-corrected chi connectivity index (χ2v) is 8.47. The zero-order valence-corrected chi connectivity index (χ0v) is 20.0. The highest BCUT2D eigenvalue weighted by Gasteiger charge is 2.26. The highest BCUT2D eigenvalue weighted by atomic mass is 16.5. The molecule has 0 radical (unpaired) electrons. The fourth-order valence-corrected chi connectivity index (χ4v) is 3.33. The number of carbonyl (C=O) groups is 3. The van der Waals surface area contributed by atoms with Crippen LogP contribution in [0.15, 0.2) is 27.4 Å². The minimum absolute atomic E-state index is 0.0479. The minimum atomic E-state index is -0.684. The van der Waals surface area contributed by atoms with Gasteiger partial charge in [-0.05, 0) is 51.3 Å². The molecule has 2 aromatic rings. The fraction of sp³-hybridized carbons (Fsp3) is 0.500. The Balaban J connectivity index is 1.93. The van der Waals surface area contributed by atoms with Crippen molar-refractivity contribution in [2.45, 2.75) is 60.0 Å². The Morgan fingerprint density at radius 1 is 1.06 bits per heavy atom. The van der Waals surface area contributed by atoms with Crippen molar-refractivity contribution in [2.24, 2.45) is 5.92 Å². The first kappa shape index (κ1) is 25.9. The monoisotopic (exact) mass is 459 g/mol. The van der Waals surface area contributed by atoms with E-state index >= 15 is 0 Å². The van der Waals surface area contributed by atoms with Gasteiger partial charge in [-0.15, -0.1) is 0 Å². The molecule has 3 amide bonds. The number of hydrogen-bond acceptors (Lipinski definition) is 6. The SMILES string of the molecule is CC[C@H](C)[C@H](NC(=O)CNC(=O)COc1ccc2c(C)cc(=O)oc2c1C)C(=O)NC(C)C. The Bertz CT molecular complexity index is 1080. The second-order valence-electron chi connectivity index (χ2n) is 8.47. The van der Waals surface area contributed by atoms with Crippen molar-refractivity contribution < 1.29 is 23.5 Å². The Morgan fingerprint density at radius 3 is 2.39 bits per heavy atom. The van der Waals surface area contributed by atoms with Gasteiger partial charge in [-0.25, -0.2) is 4.79 Å². The van der Waals surface area contributed by atoms with Crippen LogP contribution in [0.1, 0.15) is 45.2 Å². The van der Waals surface area contributed by atoms with Crippen LogP contribution in [0, 0.1) is 19.8 Å². The fourth-order valence-electron chi connectivity index (χ4n) is 3.33. The van der Waals surface area contributed by atoms with Crippen molar-refractivity contribution >= 4 is 28.7 Å². The topological polar surface area (TPSA) is 127 Å². The number of aryl methyl sites for hydroxylation is 2. The summed E-state index contributed by atoms with van der Waals surface area (Å²) in [6.07, 6.45) is 0.710. The first-order valence-corrected chi connectivity index (χ1v) is 11.1. The van der Waals surface area contributed by atoms with Crippen molar-refractivity contribution in [1.82, 2.24) is 16.0 Å². The normalized spacial score (nSPS) is 12.8. The van der Waals surface area contributed by atoms with Gasteiger partial charge in [0, 0.05) is 23.1 Å². The first-order valence-electron chi connectivity index (χ1n) is 11.1. The summed E-state index contributed by atoms with van der Waals surface area (Å²) in [6.45, 7) is 10.5. The summed E-state index contributed by atoms with van der Waals surface area (Å²) < 4.78 is 10.9. The molecule has 0 aliphatic heterocycles. The van der Waals surface area contributed by atoms with Gasteiger partial charge in [-0.3, -0.25) is 14.4 Å². The lowest BCUT2D eigenvalue weighted by molar-refractivity contribution is -0.131. The Morgan fingerprint density at radius 2 is 1.76 bits per heavy atom. The highest BCUT2D eigenvalue weighted by Crippen LogP contribution is 2.28. The maximum Gasteiger partial charge on any atom is 0.336 e. The van der Waals surface area contributed by atoms with Gasteiger partial charge in [0.25, 0.3) is 5.91 Å². The molecule has 33 heavy (non-hydrogen) atoms. The number of rotatable bonds is 10. The molecule has 3 N–H and O–H groups in total. The third kappa shape index (κ3) is 7.06. The van der Waals surface area contributed by atoms with Gasteiger partial charge in [0.05, 0.1) is 6.54 Å². The van der Waals surface area contributed by atoms with Crippen molar-refractivity contribution in [3.8, 4) is 5.75 Å². The van der Waals surface area contributed by atoms with Crippen LogP contribution < -0.4 is 26.3 Å². The molecule has 0 spiro atoms. The zero-order chi connectivity index (χ0) is 24.7. The van der Waals surface area contributed by atoms with E-state index in [2.05, 4.69) is 16.0 Å². The molecule has 0 unspecified atom stereocenters. The molecular weight excluding hydrogens is 426 g/mol. The number of carbonyl (C=O) groups excluding carboxylic acids is 3. The van der Waals surface area contributed by atoms with Crippen LogP contribution in [-0.2, 0) is 14.4 Å². The van der Waals surface area contributed by atoms with E-state index in [1.807, 2.05) is 34.6 Å². The van der Waals surface area contributed by atoms with E-state index in [-0.39, 0.29) is 31.0 Å². The molecule has 0 saturated carbocycles. The van der Waals surface area contributed by atoms with Crippen molar-refractivity contribution in [3.05, 3.63) is 39.7 Å². The Hall–Kier alpha value is -3.36. The summed E-state index contributed by atoms with van der Waals surface area (Å²) in [6, 6.07) is 4.15. The van der Waals surface area contributed by atoms with E-state index in [1.54, 1.807) is 19.1 Å². The lowest BCUT2D eigenvalue weighted by atomic mass is 9.98. The van der Waals surface area contributed by atoms with Crippen molar-refractivity contribution in [1.29, 1.82) is 0 Å². The molecular formula is C24H33N3O6. The number of hydrogen-bond donors (Lipinski definition) is 3. The molecule has 2 rings (SSSR count). The summed E-state index contributed by atoms with van der Waals surface area (Å²) >= 11 is 0. The number of fused-ring (bicyclic) bond motifs is 1. The molecule has 1 aromatic carbocycles. The van der Waals surface area contributed by atoms with Gasteiger partial charge in [-0.1, -0.05) is 20.3 Å². The van der Waals surface area contributed by atoms with Crippen LogP contribution >= 0.6 is 0 Å². The average molecular weight is 460 g/mol. The summed E-state index contributed by atoms with van der Waals surface area (Å²) in [7, 11) is 0. The molecule has 0 fully saturated rings. The van der Waals surface area contributed by atoms with Crippen LogP contribution in [0.5, 0.6) is 5.75 Å². The molecule has 0 saturated heterocycles. The van der Waals surface area contributed by atoms with E-state index in [0.29, 0.717) is 23.3 Å². The molecule has 0 aliphatic rings. The molecule has 1 aromatic heterocycles. The molecule has 1 heterocycles. The lowest BCUT2D eigenvalue weighted by Gasteiger charge is -2.24. The van der Waals surface area contributed by atoms with E-state index < -0.39 is 23.5 Å².